The van der Waals surface area contributed by atoms with Gasteiger partial charge >= 0.3 is 6.18 Å². The average Bonchev–Trinajstić information content (AvgIpc) is 2.63. The minimum absolute atomic E-state index is 0.0317. The maximum Gasteiger partial charge on any atom is 0.392 e. The molecule has 1 amide bonds. The topological polar surface area (TPSA) is 29.1 Å². The number of hydrogen-bond donors (Lipinski definition) is 1. The Hall–Kier alpha value is -0.260. The first-order chi connectivity index (χ1) is 9.89. The SMILES string of the molecule is O=C(NC1CCCCCC1Br)C1CCCCC1C(F)(F)F. The highest BCUT2D eigenvalue weighted by atomic mass is 79.9. The highest BCUT2D eigenvalue weighted by molar-refractivity contribution is 9.09. The van der Waals surface area contributed by atoms with Gasteiger partial charge in [0.1, 0.15) is 0 Å². The van der Waals surface area contributed by atoms with Crippen molar-refractivity contribution in [2.24, 2.45) is 11.8 Å². The molecular formula is C15H23BrF3NO. The lowest BCUT2D eigenvalue weighted by Gasteiger charge is -2.33. The summed E-state index contributed by atoms with van der Waals surface area (Å²) in [5.74, 6) is -2.76. The van der Waals surface area contributed by atoms with E-state index in [0.29, 0.717) is 19.3 Å². The lowest BCUT2D eigenvalue weighted by Crippen LogP contribution is -2.48. The van der Waals surface area contributed by atoms with Crippen LogP contribution in [0.4, 0.5) is 13.2 Å². The average molecular weight is 370 g/mol. The molecule has 21 heavy (non-hydrogen) atoms. The summed E-state index contributed by atoms with van der Waals surface area (Å²) in [4.78, 5) is 12.5. The second-order valence-electron chi connectivity index (χ2n) is 6.31. The van der Waals surface area contributed by atoms with Gasteiger partial charge in [-0.1, -0.05) is 48.0 Å². The Balaban J connectivity index is 2.00. The van der Waals surface area contributed by atoms with Crippen molar-refractivity contribution in [3.8, 4) is 0 Å². The summed E-state index contributed by atoms with van der Waals surface area (Å²) < 4.78 is 39.2. The molecule has 0 radical (unpaired) electrons. The van der Waals surface area contributed by atoms with Gasteiger partial charge in [0.2, 0.25) is 5.91 Å². The minimum Gasteiger partial charge on any atom is -0.352 e. The number of alkyl halides is 4. The molecule has 2 fully saturated rings. The number of nitrogens with one attached hydrogen (secondary N) is 1. The zero-order valence-electron chi connectivity index (χ0n) is 12.1. The molecule has 0 spiro atoms. The summed E-state index contributed by atoms with van der Waals surface area (Å²) in [6.07, 6.45) is 2.55. The molecule has 2 aliphatic carbocycles. The highest BCUT2D eigenvalue weighted by Crippen LogP contribution is 2.41. The molecule has 0 heterocycles. The maximum absolute atomic E-state index is 13.1. The lowest BCUT2D eigenvalue weighted by atomic mass is 9.78. The largest absolute Gasteiger partial charge is 0.392 e. The van der Waals surface area contributed by atoms with Crippen molar-refractivity contribution in [1.29, 1.82) is 0 Å². The van der Waals surface area contributed by atoms with Crippen LogP contribution in [-0.4, -0.2) is 23.0 Å². The van der Waals surface area contributed by atoms with Gasteiger partial charge in [-0.3, -0.25) is 4.79 Å². The van der Waals surface area contributed by atoms with Gasteiger partial charge < -0.3 is 5.32 Å². The Labute approximate surface area is 132 Å². The second-order valence-corrected chi connectivity index (χ2v) is 7.48. The van der Waals surface area contributed by atoms with Crippen LogP contribution in [-0.2, 0) is 4.79 Å². The Kier molecular flexibility index (Phi) is 5.97. The number of hydrogen-bond acceptors (Lipinski definition) is 1. The summed E-state index contributed by atoms with van der Waals surface area (Å²) in [7, 11) is 0. The Morgan fingerprint density at radius 2 is 1.57 bits per heavy atom. The fourth-order valence-electron chi connectivity index (χ4n) is 3.55. The number of halogens is 4. The van der Waals surface area contributed by atoms with E-state index in [2.05, 4.69) is 21.2 Å². The van der Waals surface area contributed by atoms with Crippen LogP contribution in [0.15, 0.2) is 0 Å². The first-order valence-electron chi connectivity index (χ1n) is 7.90. The molecule has 0 aromatic carbocycles. The first kappa shape index (κ1) is 17.1. The van der Waals surface area contributed by atoms with Crippen molar-refractivity contribution in [3.05, 3.63) is 0 Å². The van der Waals surface area contributed by atoms with Crippen LogP contribution in [0, 0.1) is 11.8 Å². The molecule has 2 aliphatic rings. The van der Waals surface area contributed by atoms with Gasteiger partial charge in [0.25, 0.3) is 0 Å². The molecule has 6 heteroatoms. The minimum atomic E-state index is -4.26. The molecule has 4 unspecified atom stereocenters. The van der Waals surface area contributed by atoms with Crippen LogP contribution in [0.5, 0.6) is 0 Å². The molecule has 2 nitrogen and oxygen atoms in total. The van der Waals surface area contributed by atoms with Crippen molar-refractivity contribution in [1.82, 2.24) is 5.32 Å². The Morgan fingerprint density at radius 1 is 0.952 bits per heavy atom. The molecule has 2 saturated carbocycles. The summed E-state index contributed by atoms with van der Waals surface area (Å²) in [5.41, 5.74) is 0. The van der Waals surface area contributed by atoms with Gasteiger partial charge in [0.15, 0.2) is 0 Å². The summed E-state index contributed by atoms with van der Waals surface area (Å²) in [6, 6.07) is -0.0317. The van der Waals surface area contributed by atoms with E-state index in [0.717, 1.165) is 32.1 Å². The third kappa shape index (κ3) is 4.60. The summed E-state index contributed by atoms with van der Waals surface area (Å²) in [6.45, 7) is 0. The third-order valence-electron chi connectivity index (χ3n) is 4.78. The van der Waals surface area contributed by atoms with E-state index in [9.17, 15) is 18.0 Å². The van der Waals surface area contributed by atoms with Gasteiger partial charge in [-0.2, -0.15) is 13.2 Å². The van der Waals surface area contributed by atoms with Crippen molar-refractivity contribution >= 4 is 21.8 Å². The van der Waals surface area contributed by atoms with Crippen LogP contribution in [0.2, 0.25) is 0 Å². The predicted octanol–water partition coefficient (Wildman–Crippen LogP) is 4.57. The molecule has 122 valence electrons. The van der Waals surface area contributed by atoms with Crippen LogP contribution >= 0.6 is 15.9 Å². The van der Waals surface area contributed by atoms with Crippen molar-refractivity contribution < 1.29 is 18.0 Å². The van der Waals surface area contributed by atoms with Gasteiger partial charge in [0.05, 0.1) is 5.92 Å². The lowest BCUT2D eigenvalue weighted by molar-refractivity contribution is -0.198. The molecule has 0 aromatic rings. The molecule has 0 saturated heterocycles. The van der Waals surface area contributed by atoms with Crippen LogP contribution in [0.1, 0.15) is 57.8 Å². The number of amides is 1. The quantitative estimate of drug-likeness (QED) is 0.560. The van der Waals surface area contributed by atoms with Crippen LogP contribution < -0.4 is 5.32 Å². The van der Waals surface area contributed by atoms with E-state index >= 15 is 0 Å². The van der Waals surface area contributed by atoms with E-state index in [-0.39, 0.29) is 17.3 Å². The molecule has 0 bridgehead atoms. The molecule has 1 N–H and O–H groups in total. The molecule has 0 aliphatic heterocycles. The van der Waals surface area contributed by atoms with E-state index in [1.807, 2.05) is 0 Å². The number of carbonyl (C=O) groups excluding carboxylic acids is 1. The van der Waals surface area contributed by atoms with E-state index in [1.54, 1.807) is 0 Å². The number of carbonyl (C=O) groups is 1. The van der Waals surface area contributed by atoms with Crippen molar-refractivity contribution in [3.63, 3.8) is 0 Å². The molecule has 0 aromatic heterocycles. The van der Waals surface area contributed by atoms with Crippen molar-refractivity contribution in [2.75, 3.05) is 0 Å². The van der Waals surface area contributed by atoms with Gasteiger partial charge in [-0.15, -0.1) is 0 Å². The molecular weight excluding hydrogens is 347 g/mol. The second kappa shape index (κ2) is 7.34. The van der Waals surface area contributed by atoms with Gasteiger partial charge in [0, 0.05) is 16.8 Å². The van der Waals surface area contributed by atoms with Gasteiger partial charge in [-0.05, 0) is 25.7 Å². The smallest absolute Gasteiger partial charge is 0.352 e. The zero-order valence-corrected chi connectivity index (χ0v) is 13.7. The molecule has 4 atom stereocenters. The van der Waals surface area contributed by atoms with Gasteiger partial charge in [-0.25, -0.2) is 0 Å². The Morgan fingerprint density at radius 3 is 2.29 bits per heavy atom. The fraction of sp³-hybridized carbons (Fsp3) is 0.933. The van der Waals surface area contributed by atoms with Crippen molar-refractivity contribution in [2.45, 2.75) is 74.8 Å². The predicted molar refractivity (Wildman–Crippen MR) is 79.2 cm³/mol. The van der Waals surface area contributed by atoms with Crippen LogP contribution in [0.25, 0.3) is 0 Å². The van der Waals surface area contributed by atoms with Crippen LogP contribution in [0.3, 0.4) is 0 Å². The Bertz CT molecular complexity index is 361. The monoisotopic (exact) mass is 369 g/mol. The van der Waals surface area contributed by atoms with E-state index < -0.39 is 23.9 Å². The van der Waals surface area contributed by atoms with E-state index in [1.165, 1.54) is 0 Å². The maximum atomic E-state index is 13.1. The zero-order chi connectivity index (χ0) is 15.5. The summed E-state index contributed by atoms with van der Waals surface area (Å²) in [5, 5.41) is 2.89. The first-order valence-corrected chi connectivity index (χ1v) is 8.82. The normalized spacial score (nSPS) is 35.0. The molecule has 2 rings (SSSR count). The third-order valence-corrected chi connectivity index (χ3v) is 5.88. The standard InChI is InChI=1S/C15H23BrF3NO/c16-12-8-2-1-3-9-13(12)20-14(21)10-6-4-5-7-11(10)15(17,18)19/h10-13H,1-9H2,(H,20,21). The van der Waals surface area contributed by atoms with E-state index in [4.69, 9.17) is 0 Å². The highest BCUT2D eigenvalue weighted by Gasteiger charge is 2.48. The fourth-order valence-corrected chi connectivity index (χ4v) is 4.27. The summed E-state index contributed by atoms with van der Waals surface area (Å²) >= 11 is 3.57. The number of rotatable bonds is 2.